The minimum Gasteiger partial charge on any atom is -0.352 e. The van der Waals surface area contributed by atoms with Crippen LogP contribution in [0.25, 0.3) is 0 Å². The van der Waals surface area contributed by atoms with Gasteiger partial charge in [0.15, 0.2) is 0 Å². The van der Waals surface area contributed by atoms with Crippen molar-refractivity contribution in [2.24, 2.45) is 5.73 Å². The molecule has 134 valence electrons. The molecule has 1 aliphatic heterocycles. The number of nitrogens with two attached hydrogens (primary N) is 1. The van der Waals surface area contributed by atoms with Crippen LogP contribution in [0.4, 0.5) is 0 Å². The molecule has 0 spiro atoms. The van der Waals surface area contributed by atoms with Gasteiger partial charge in [0.25, 0.3) is 17.7 Å². The molecular weight excluding hydrogens is 332 g/mol. The van der Waals surface area contributed by atoms with Crippen LogP contribution in [0.1, 0.15) is 50.0 Å². The molecule has 2 aromatic rings. The van der Waals surface area contributed by atoms with Crippen LogP contribution >= 0.6 is 0 Å². The summed E-state index contributed by atoms with van der Waals surface area (Å²) in [6.45, 7) is 2.49. The molecule has 1 atom stereocenters. The lowest BCUT2D eigenvalue weighted by Crippen LogP contribution is -2.29. The summed E-state index contributed by atoms with van der Waals surface area (Å²) in [6, 6.07) is 8.06. The normalized spacial score (nSPS) is 14.3. The van der Waals surface area contributed by atoms with Gasteiger partial charge in [-0.3, -0.25) is 24.3 Å². The third-order valence-corrected chi connectivity index (χ3v) is 4.21. The van der Waals surface area contributed by atoms with Crippen LogP contribution in [0, 0.1) is 0 Å². The number of nitrogens with zero attached hydrogens (tertiary/aromatic N) is 2. The van der Waals surface area contributed by atoms with Crippen molar-refractivity contribution in [3.8, 4) is 0 Å². The van der Waals surface area contributed by atoms with Gasteiger partial charge in [0.1, 0.15) is 0 Å². The van der Waals surface area contributed by atoms with E-state index < -0.39 is 5.91 Å². The molecule has 1 aliphatic rings. The molecule has 0 bridgehead atoms. The Morgan fingerprint density at radius 1 is 1.15 bits per heavy atom. The first-order chi connectivity index (χ1) is 12.5. The topological polar surface area (TPSA) is 105 Å². The minimum absolute atomic E-state index is 0.00346. The van der Waals surface area contributed by atoms with E-state index in [1.54, 1.807) is 30.6 Å². The fraction of sp³-hybridized carbons (Fsp3) is 0.263. The van der Waals surface area contributed by atoms with Crippen molar-refractivity contribution in [2.75, 3.05) is 6.54 Å². The van der Waals surface area contributed by atoms with E-state index in [-0.39, 0.29) is 30.0 Å². The number of carbonyl (C=O) groups excluding carboxylic acids is 3. The number of rotatable bonds is 6. The Kier molecular flexibility index (Phi) is 5.09. The monoisotopic (exact) mass is 352 g/mol. The SMILES string of the molecule is CC(N)CCNC(=O)c1ccc2c(c1)C(=O)N(Cc1ccncc1)C2=O. The number of imide groups is 1. The first kappa shape index (κ1) is 17.8. The fourth-order valence-electron chi connectivity index (χ4n) is 2.76. The Labute approximate surface area is 151 Å². The summed E-state index contributed by atoms with van der Waals surface area (Å²) >= 11 is 0. The van der Waals surface area contributed by atoms with Crippen LogP contribution in [0.3, 0.4) is 0 Å². The van der Waals surface area contributed by atoms with Crippen molar-refractivity contribution in [1.29, 1.82) is 0 Å². The van der Waals surface area contributed by atoms with Gasteiger partial charge in [0.2, 0.25) is 0 Å². The number of benzene rings is 1. The van der Waals surface area contributed by atoms with Crippen LogP contribution in [-0.4, -0.2) is 40.2 Å². The molecule has 0 fully saturated rings. The van der Waals surface area contributed by atoms with Crippen molar-refractivity contribution in [3.63, 3.8) is 0 Å². The molecule has 1 aromatic heterocycles. The molecule has 26 heavy (non-hydrogen) atoms. The van der Waals surface area contributed by atoms with Crippen molar-refractivity contribution in [2.45, 2.75) is 25.9 Å². The molecule has 0 saturated heterocycles. The zero-order valence-electron chi connectivity index (χ0n) is 14.4. The highest BCUT2D eigenvalue weighted by Gasteiger charge is 2.35. The van der Waals surface area contributed by atoms with Crippen LogP contribution in [0.2, 0.25) is 0 Å². The van der Waals surface area contributed by atoms with Crippen LogP contribution in [0.5, 0.6) is 0 Å². The molecule has 2 heterocycles. The van der Waals surface area contributed by atoms with Crippen molar-refractivity contribution in [3.05, 3.63) is 65.0 Å². The van der Waals surface area contributed by atoms with Gasteiger partial charge in [-0.25, -0.2) is 0 Å². The van der Waals surface area contributed by atoms with Crippen molar-refractivity contribution < 1.29 is 14.4 Å². The number of hydrogen-bond acceptors (Lipinski definition) is 5. The van der Waals surface area contributed by atoms with Crippen LogP contribution < -0.4 is 11.1 Å². The zero-order chi connectivity index (χ0) is 18.7. The summed E-state index contributed by atoms with van der Waals surface area (Å²) in [5.74, 6) is -1.04. The third-order valence-electron chi connectivity index (χ3n) is 4.21. The second-order valence-corrected chi connectivity index (χ2v) is 6.33. The van der Waals surface area contributed by atoms with Gasteiger partial charge in [-0.05, 0) is 49.2 Å². The first-order valence-electron chi connectivity index (χ1n) is 8.40. The summed E-state index contributed by atoms with van der Waals surface area (Å²) in [4.78, 5) is 42.5. The second-order valence-electron chi connectivity index (χ2n) is 6.33. The average molecular weight is 352 g/mol. The summed E-state index contributed by atoms with van der Waals surface area (Å²) < 4.78 is 0. The summed E-state index contributed by atoms with van der Waals surface area (Å²) in [6.07, 6.45) is 3.88. The maximum atomic E-state index is 12.6. The number of hydrogen-bond donors (Lipinski definition) is 2. The fourth-order valence-corrected chi connectivity index (χ4v) is 2.76. The van der Waals surface area contributed by atoms with E-state index in [0.29, 0.717) is 24.1 Å². The lowest BCUT2D eigenvalue weighted by molar-refractivity contribution is 0.0642. The predicted octanol–water partition coefficient (Wildman–Crippen LogP) is 1.34. The van der Waals surface area contributed by atoms with E-state index in [0.717, 1.165) is 5.56 Å². The molecule has 7 nitrogen and oxygen atoms in total. The average Bonchev–Trinajstić information content (AvgIpc) is 2.87. The summed E-state index contributed by atoms with van der Waals surface area (Å²) in [5, 5.41) is 2.76. The van der Waals surface area contributed by atoms with Crippen molar-refractivity contribution >= 4 is 17.7 Å². The van der Waals surface area contributed by atoms with Gasteiger partial charge < -0.3 is 11.1 Å². The van der Waals surface area contributed by atoms with Gasteiger partial charge in [-0.2, -0.15) is 0 Å². The Morgan fingerprint density at radius 2 is 1.85 bits per heavy atom. The first-order valence-corrected chi connectivity index (χ1v) is 8.40. The Balaban J connectivity index is 1.76. The van der Waals surface area contributed by atoms with E-state index in [4.69, 9.17) is 5.73 Å². The predicted molar refractivity (Wildman–Crippen MR) is 95.5 cm³/mol. The highest BCUT2D eigenvalue weighted by atomic mass is 16.2. The lowest BCUT2D eigenvalue weighted by Gasteiger charge is -2.13. The van der Waals surface area contributed by atoms with Gasteiger partial charge in [-0.1, -0.05) is 0 Å². The van der Waals surface area contributed by atoms with Crippen LogP contribution in [0.15, 0.2) is 42.7 Å². The molecular formula is C19H20N4O3. The third kappa shape index (κ3) is 3.62. The van der Waals surface area contributed by atoms with E-state index >= 15 is 0 Å². The van der Waals surface area contributed by atoms with E-state index in [1.807, 2.05) is 6.92 Å². The number of pyridine rings is 1. The molecule has 3 N–H and O–H groups in total. The van der Waals surface area contributed by atoms with E-state index in [9.17, 15) is 14.4 Å². The summed E-state index contributed by atoms with van der Waals surface area (Å²) in [7, 11) is 0. The standard InChI is InChI=1S/C19H20N4O3/c1-12(20)4-9-22-17(24)14-2-3-15-16(10-14)19(26)23(18(15)25)11-13-5-7-21-8-6-13/h2-3,5-8,10,12H,4,9,11,20H2,1H3,(H,22,24). The molecule has 1 aromatic carbocycles. The van der Waals surface area contributed by atoms with Gasteiger partial charge in [0, 0.05) is 30.5 Å². The number of carbonyl (C=O) groups is 3. The molecule has 0 radical (unpaired) electrons. The Hall–Kier alpha value is -3.06. The molecule has 3 amide bonds. The minimum atomic E-state index is -0.396. The number of amides is 3. The smallest absolute Gasteiger partial charge is 0.261 e. The number of nitrogens with one attached hydrogen (secondary N) is 1. The van der Waals surface area contributed by atoms with Gasteiger partial charge in [-0.15, -0.1) is 0 Å². The molecule has 3 rings (SSSR count). The molecule has 0 saturated carbocycles. The van der Waals surface area contributed by atoms with E-state index in [2.05, 4.69) is 10.3 Å². The van der Waals surface area contributed by atoms with Crippen LogP contribution in [-0.2, 0) is 6.54 Å². The number of aromatic nitrogens is 1. The Bertz CT molecular complexity index is 849. The molecule has 0 aliphatic carbocycles. The van der Waals surface area contributed by atoms with Crippen molar-refractivity contribution in [1.82, 2.24) is 15.2 Å². The molecule has 7 heteroatoms. The van der Waals surface area contributed by atoms with E-state index in [1.165, 1.54) is 17.0 Å². The summed E-state index contributed by atoms with van der Waals surface area (Å²) in [5.41, 5.74) is 7.39. The number of fused-ring (bicyclic) bond motifs is 1. The van der Waals surface area contributed by atoms with Gasteiger partial charge >= 0.3 is 0 Å². The quantitative estimate of drug-likeness (QED) is 0.764. The molecule has 1 unspecified atom stereocenters. The maximum Gasteiger partial charge on any atom is 0.261 e. The lowest BCUT2D eigenvalue weighted by atomic mass is 10.1. The van der Waals surface area contributed by atoms with Gasteiger partial charge in [0.05, 0.1) is 17.7 Å². The Morgan fingerprint density at radius 3 is 2.54 bits per heavy atom. The zero-order valence-corrected chi connectivity index (χ0v) is 14.4. The highest BCUT2D eigenvalue weighted by molar-refractivity contribution is 6.22. The highest BCUT2D eigenvalue weighted by Crippen LogP contribution is 2.25. The maximum absolute atomic E-state index is 12.6. The largest absolute Gasteiger partial charge is 0.352 e. The second kappa shape index (κ2) is 7.45.